The third-order valence-corrected chi connectivity index (χ3v) is 4.89. The number of halogens is 2. The Hall–Kier alpha value is -1.16. The van der Waals surface area contributed by atoms with Crippen molar-refractivity contribution in [2.75, 3.05) is 11.9 Å². The summed E-state index contributed by atoms with van der Waals surface area (Å²) in [6.07, 6.45) is 5.37. The molecule has 0 amide bonds. The maximum absolute atomic E-state index is 14.3. The van der Waals surface area contributed by atoms with E-state index in [9.17, 15) is 8.78 Å². The number of hydrogen-bond donors (Lipinski definition) is 1. The van der Waals surface area contributed by atoms with Crippen molar-refractivity contribution in [3.63, 3.8) is 0 Å². The summed E-state index contributed by atoms with van der Waals surface area (Å²) in [5.74, 6) is -0.598. The van der Waals surface area contributed by atoms with E-state index in [1.54, 1.807) is 6.92 Å². The first-order chi connectivity index (χ1) is 9.60. The Balaban J connectivity index is 1.95. The van der Waals surface area contributed by atoms with Gasteiger partial charge in [0.05, 0.1) is 5.69 Å². The van der Waals surface area contributed by atoms with E-state index < -0.39 is 0 Å². The maximum atomic E-state index is 14.3. The monoisotopic (exact) mass is 280 g/mol. The number of aryl methyl sites for hydroxylation is 1. The lowest BCUT2D eigenvalue weighted by atomic mass is 9.81. The minimum absolute atomic E-state index is 0.288. The zero-order chi connectivity index (χ0) is 14.3. The summed E-state index contributed by atoms with van der Waals surface area (Å²) in [4.78, 5) is 2.15. The predicted octanol–water partition coefficient (Wildman–Crippen LogP) is 3.38. The number of nitrogens with one attached hydrogen (secondary N) is 1. The standard InChI is InChI=1S/C16H22F2N2/c1-10-6-15(18)16(9-14(10)17)20-12-4-3-5-13(20)8-11(7-12)19-2/h6,9,11-13,19H,3-5,7-8H2,1-2H3. The van der Waals surface area contributed by atoms with Gasteiger partial charge in [0.2, 0.25) is 0 Å². The van der Waals surface area contributed by atoms with Gasteiger partial charge in [-0.25, -0.2) is 8.78 Å². The van der Waals surface area contributed by atoms with Crippen molar-refractivity contribution >= 4 is 5.69 Å². The molecular formula is C16H22F2N2. The van der Waals surface area contributed by atoms with Gasteiger partial charge in [0.25, 0.3) is 0 Å². The molecule has 0 saturated carbocycles. The van der Waals surface area contributed by atoms with E-state index in [0.717, 1.165) is 25.7 Å². The summed E-state index contributed by atoms with van der Waals surface area (Å²) >= 11 is 0. The van der Waals surface area contributed by atoms with E-state index in [4.69, 9.17) is 0 Å². The Labute approximate surface area is 119 Å². The maximum Gasteiger partial charge on any atom is 0.146 e. The quantitative estimate of drug-likeness (QED) is 0.893. The molecule has 2 heterocycles. The van der Waals surface area contributed by atoms with Crippen LogP contribution in [0.4, 0.5) is 14.5 Å². The molecule has 0 aromatic heterocycles. The molecule has 3 rings (SSSR count). The molecule has 1 aromatic carbocycles. The fourth-order valence-corrected chi connectivity index (χ4v) is 3.84. The molecule has 2 aliphatic heterocycles. The van der Waals surface area contributed by atoms with E-state index >= 15 is 0 Å². The van der Waals surface area contributed by atoms with Gasteiger partial charge in [-0.1, -0.05) is 0 Å². The normalized spacial score (nSPS) is 29.6. The molecule has 2 fully saturated rings. The van der Waals surface area contributed by atoms with Crippen LogP contribution in [0.25, 0.3) is 0 Å². The second kappa shape index (κ2) is 5.32. The smallest absolute Gasteiger partial charge is 0.146 e. The molecular weight excluding hydrogens is 258 g/mol. The van der Waals surface area contributed by atoms with Crippen molar-refractivity contribution in [3.05, 3.63) is 29.3 Å². The van der Waals surface area contributed by atoms with Crippen LogP contribution in [0.3, 0.4) is 0 Å². The van der Waals surface area contributed by atoms with Gasteiger partial charge in [-0.05, 0) is 57.7 Å². The third-order valence-electron chi connectivity index (χ3n) is 4.89. The summed E-state index contributed by atoms with van der Waals surface area (Å²) < 4.78 is 28.1. The van der Waals surface area contributed by atoms with E-state index in [1.165, 1.54) is 18.6 Å². The minimum Gasteiger partial charge on any atom is -0.363 e. The molecule has 2 nitrogen and oxygen atoms in total. The van der Waals surface area contributed by atoms with Gasteiger partial charge >= 0.3 is 0 Å². The van der Waals surface area contributed by atoms with Crippen LogP contribution >= 0.6 is 0 Å². The van der Waals surface area contributed by atoms with Crippen molar-refractivity contribution in [1.82, 2.24) is 5.32 Å². The number of piperidine rings is 2. The van der Waals surface area contributed by atoms with Crippen LogP contribution in [-0.2, 0) is 0 Å². The number of benzene rings is 1. The van der Waals surface area contributed by atoms with Gasteiger partial charge in [-0.2, -0.15) is 0 Å². The van der Waals surface area contributed by atoms with Gasteiger partial charge in [0.1, 0.15) is 11.6 Å². The molecule has 2 bridgehead atoms. The molecule has 110 valence electrons. The summed E-state index contributed by atoms with van der Waals surface area (Å²) in [7, 11) is 1.99. The second-order valence-electron chi connectivity index (χ2n) is 6.16. The number of anilines is 1. The van der Waals surface area contributed by atoms with Crippen molar-refractivity contribution in [3.8, 4) is 0 Å². The van der Waals surface area contributed by atoms with Gasteiger partial charge < -0.3 is 10.2 Å². The molecule has 2 atom stereocenters. The Morgan fingerprint density at radius 2 is 1.75 bits per heavy atom. The molecule has 4 heteroatoms. The molecule has 0 radical (unpaired) electrons. The molecule has 2 unspecified atom stereocenters. The van der Waals surface area contributed by atoms with Crippen LogP contribution < -0.4 is 10.2 Å². The molecule has 0 spiro atoms. The molecule has 20 heavy (non-hydrogen) atoms. The van der Waals surface area contributed by atoms with Gasteiger partial charge in [0.15, 0.2) is 0 Å². The number of nitrogens with zero attached hydrogens (tertiary/aromatic N) is 1. The Morgan fingerprint density at radius 1 is 1.10 bits per heavy atom. The highest BCUT2D eigenvalue weighted by Gasteiger charge is 2.39. The highest BCUT2D eigenvalue weighted by Crippen LogP contribution is 2.39. The lowest BCUT2D eigenvalue weighted by molar-refractivity contribution is 0.250. The fraction of sp³-hybridized carbons (Fsp3) is 0.625. The average molecular weight is 280 g/mol. The SMILES string of the molecule is CNC1CC2CCCC(C1)N2c1cc(F)c(C)cc1F. The summed E-state index contributed by atoms with van der Waals surface area (Å²) in [6.45, 7) is 1.61. The Morgan fingerprint density at radius 3 is 2.35 bits per heavy atom. The number of fused-ring (bicyclic) bond motifs is 2. The largest absolute Gasteiger partial charge is 0.363 e. The number of hydrogen-bond acceptors (Lipinski definition) is 2. The fourth-order valence-electron chi connectivity index (χ4n) is 3.84. The van der Waals surface area contributed by atoms with Crippen molar-refractivity contribution in [2.45, 2.75) is 57.2 Å². The molecule has 0 aliphatic carbocycles. The Bertz CT molecular complexity index is 489. The van der Waals surface area contributed by atoms with Crippen LogP contribution in [0.5, 0.6) is 0 Å². The summed E-state index contributed by atoms with van der Waals surface area (Å²) in [5, 5.41) is 3.35. The van der Waals surface area contributed by atoms with Gasteiger partial charge in [-0.15, -0.1) is 0 Å². The first kappa shape index (κ1) is 13.8. The first-order valence-corrected chi connectivity index (χ1v) is 7.51. The van der Waals surface area contributed by atoms with Gasteiger partial charge in [-0.3, -0.25) is 0 Å². The summed E-state index contributed by atoms with van der Waals surface area (Å²) in [5.41, 5.74) is 0.832. The van der Waals surface area contributed by atoms with Crippen LogP contribution in [-0.4, -0.2) is 25.2 Å². The number of rotatable bonds is 2. The van der Waals surface area contributed by atoms with Crippen LogP contribution in [0.1, 0.15) is 37.7 Å². The van der Waals surface area contributed by atoms with Crippen molar-refractivity contribution in [2.24, 2.45) is 0 Å². The molecule has 2 aliphatic rings. The van der Waals surface area contributed by atoms with Gasteiger partial charge in [0, 0.05) is 24.2 Å². The summed E-state index contributed by atoms with van der Waals surface area (Å²) in [6, 6.07) is 3.87. The zero-order valence-corrected chi connectivity index (χ0v) is 12.1. The average Bonchev–Trinajstić information content (AvgIpc) is 2.41. The van der Waals surface area contributed by atoms with Crippen LogP contribution in [0, 0.1) is 18.6 Å². The molecule has 1 aromatic rings. The third kappa shape index (κ3) is 2.30. The lowest BCUT2D eigenvalue weighted by Gasteiger charge is -2.50. The zero-order valence-electron chi connectivity index (χ0n) is 12.1. The second-order valence-corrected chi connectivity index (χ2v) is 6.16. The highest BCUT2D eigenvalue weighted by atomic mass is 19.1. The van der Waals surface area contributed by atoms with E-state index in [1.807, 2.05) is 7.05 Å². The minimum atomic E-state index is -0.310. The Kier molecular flexibility index (Phi) is 3.67. The van der Waals surface area contributed by atoms with Crippen LogP contribution in [0.2, 0.25) is 0 Å². The van der Waals surface area contributed by atoms with Crippen LogP contribution in [0.15, 0.2) is 12.1 Å². The molecule has 1 N–H and O–H groups in total. The predicted molar refractivity (Wildman–Crippen MR) is 77.1 cm³/mol. The van der Waals surface area contributed by atoms with E-state index in [2.05, 4.69) is 10.2 Å². The first-order valence-electron chi connectivity index (χ1n) is 7.51. The molecule has 2 saturated heterocycles. The van der Waals surface area contributed by atoms with E-state index in [-0.39, 0.29) is 11.6 Å². The highest BCUT2D eigenvalue weighted by molar-refractivity contribution is 5.52. The van der Waals surface area contributed by atoms with E-state index in [0.29, 0.717) is 29.4 Å². The lowest BCUT2D eigenvalue weighted by Crippen LogP contribution is -2.56. The van der Waals surface area contributed by atoms with Crippen molar-refractivity contribution < 1.29 is 8.78 Å². The topological polar surface area (TPSA) is 15.3 Å². The van der Waals surface area contributed by atoms with Crippen molar-refractivity contribution in [1.29, 1.82) is 0 Å².